The van der Waals surface area contributed by atoms with Gasteiger partial charge in [-0.15, -0.1) is 11.3 Å². The maximum Gasteiger partial charge on any atom is 0.329 e. The number of sulfone groups is 1. The third-order valence-electron chi connectivity index (χ3n) is 10.1. The summed E-state index contributed by atoms with van der Waals surface area (Å²) in [7, 11) is -1.88. The van der Waals surface area contributed by atoms with Crippen molar-refractivity contribution in [3.63, 3.8) is 0 Å². The van der Waals surface area contributed by atoms with E-state index in [2.05, 4.69) is 38.4 Å². The van der Waals surface area contributed by atoms with E-state index < -0.39 is 38.9 Å². The van der Waals surface area contributed by atoms with Crippen molar-refractivity contribution in [2.75, 3.05) is 25.0 Å². The SMILES string of the molecule is Cc1ccc(C(=O)NCC(=O)Nc2nc(-c3cccc(CCCNCCCc4ccc5c(c4)n(C)c(=O)n5C4CCC(=O)NC4=O)c3)cs2)cc1S(=O)(=O)C(C)C. The molecule has 57 heavy (non-hydrogen) atoms. The van der Waals surface area contributed by atoms with Gasteiger partial charge in [-0.1, -0.05) is 30.3 Å². The van der Waals surface area contributed by atoms with Crippen molar-refractivity contribution in [2.45, 2.75) is 75.5 Å². The van der Waals surface area contributed by atoms with Gasteiger partial charge < -0.3 is 16.0 Å². The quantitative estimate of drug-likeness (QED) is 0.0824. The lowest BCUT2D eigenvalue weighted by atomic mass is 10.0. The number of fused-ring (bicyclic) bond motifs is 1. The van der Waals surface area contributed by atoms with Crippen LogP contribution >= 0.6 is 11.3 Å². The number of carbonyl (C=O) groups excluding carboxylic acids is 4. The molecule has 1 aliphatic rings. The van der Waals surface area contributed by atoms with E-state index in [1.54, 1.807) is 38.5 Å². The summed E-state index contributed by atoms with van der Waals surface area (Å²) >= 11 is 1.28. The standard InChI is InChI=1S/C41H47N7O7S2/c1-25(2)57(54,55)35-22-30(14-12-26(35)3)38(51)43-23-37(50)46-40-44-31(24-56-40)29-11-5-8-27(20-29)9-6-18-42-19-7-10-28-13-15-32-34(21-28)47(4)41(53)48(32)33-16-17-36(49)45-39(33)52/h5,8,11-15,20-22,24-25,33,42H,6-7,9-10,16-19,23H2,1-4H3,(H,43,51)(H,44,46,50)(H,45,49,52). The second-order valence-electron chi connectivity index (χ2n) is 14.5. The predicted molar refractivity (Wildman–Crippen MR) is 220 cm³/mol. The van der Waals surface area contributed by atoms with Gasteiger partial charge >= 0.3 is 5.69 Å². The van der Waals surface area contributed by atoms with E-state index in [4.69, 9.17) is 0 Å². The van der Waals surface area contributed by atoms with Crippen LogP contribution in [0.3, 0.4) is 0 Å². The first kappa shape index (κ1) is 41.2. The Kier molecular flexibility index (Phi) is 12.8. The molecular formula is C41H47N7O7S2. The number of imide groups is 1. The zero-order chi connectivity index (χ0) is 40.9. The van der Waals surface area contributed by atoms with Gasteiger partial charge in [0.05, 0.1) is 33.4 Å². The number of nitrogens with zero attached hydrogens (tertiary/aromatic N) is 3. The lowest BCUT2D eigenvalue weighted by molar-refractivity contribution is -0.135. The average Bonchev–Trinajstić information content (AvgIpc) is 3.75. The fourth-order valence-electron chi connectivity index (χ4n) is 6.83. The molecule has 1 saturated heterocycles. The minimum atomic E-state index is -3.58. The molecule has 14 nitrogen and oxygen atoms in total. The van der Waals surface area contributed by atoms with E-state index >= 15 is 0 Å². The van der Waals surface area contributed by atoms with E-state index in [9.17, 15) is 32.4 Å². The Bertz CT molecular complexity index is 2500. The molecule has 5 aromatic rings. The van der Waals surface area contributed by atoms with E-state index in [-0.39, 0.29) is 35.0 Å². The number of aromatic nitrogens is 3. The maximum absolute atomic E-state index is 13.0. The molecule has 1 aliphatic heterocycles. The zero-order valence-corrected chi connectivity index (χ0v) is 34.0. The van der Waals surface area contributed by atoms with Gasteiger partial charge in [-0.2, -0.15) is 0 Å². The van der Waals surface area contributed by atoms with Crippen LogP contribution in [0.15, 0.2) is 75.7 Å². The maximum atomic E-state index is 13.0. The zero-order valence-electron chi connectivity index (χ0n) is 32.4. The highest BCUT2D eigenvalue weighted by atomic mass is 32.2. The largest absolute Gasteiger partial charge is 0.343 e. The summed E-state index contributed by atoms with van der Waals surface area (Å²) in [5, 5.41) is 12.8. The molecule has 2 aromatic heterocycles. The molecule has 0 saturated carbocycles. The molecule has 0 aliphatic carbocycles. The summed E-state index contributed by atoms with van der Waals surface area (Å²) in [6.45, 7) is 6.22. The number of aryl methyl sites for hydroxylation is 4. The predicted octanol–water partition coefficient (Wildman–Crippen LogP) is 4.46. The Balaban J connectivity index is 0.927. The molecule has 6 rings (SSSR count). The van der Waals surface area contributed by atoms with Gasteiger partial charge in [-0.3, -0.25) is 33.6 Å². The second-order valence-corrected chi connectivity index (χ2v) is 17.8. The minimum Gasteiger partial charge on any atom is -0.343 e. The van der Waals surface area contributed by atoms with Gasteiger partial charge in [0, 0.05) is 30.0 Å². The molecule has 1 atom stereocenters. The highest BCUT2D eigenvalue weighted by Crippen LogP contribution is 2.27. The van der Waals surface area contributed by atoms with Crippen molar-refractivity contribution in [2.24, 2.45) is 7.05 Å². The number of hydrogen-bond acceptors (Lipinski definition) is 10. The number of nitrogens with one attached hydrogen (secondary N) is 4. The lowest BCUT2D eigenvalue weighted by Crippen LogP contribution is -2.44. The van der Waals surface area contributed by atoms with Crippen molar-refractivity contribution in [1.29, 1.82) is 0 Å². The number of hydrogen-bond donors (Lipinski definition) is 4. The Morgan fingerprint density at radius 1 is 0.965 bits per heavy atom. The third-order valence-corrected chi connectivity index (χ3v) is 13.1. The summed E-state index contributed by atoms with van der Waals surface area (Å²) in [6, 6.07) is 17.8. The molecular weight excluding hydrogens is 767 g/mol. The highest BCUT2D eigenvalue weighted by molar-refractivity contribution is 7.92. The monoisotopic (exact) mass is 813 g/mol. The van der Waals surface area contributed by atoms with Crippen molar-refractivity contribution in [3.05, 3.63) is 98.8 Å². The van der Waals surface area contributed by atoms with Crippen LogP contribution in [0.25, 0.3) is 22.3 Å². The number of benzene rings is 3. The van der Waals surface area contributed by atoms with Crippen molar-refractivity contribution < 1.29 is 27.6 Å². The molecule has 1 fully saturated rings. The van der Waals surface area contributed by atoms with Gasteiger partial charge in [0.1, 0.15) is 6.04 Å². The number of thiazole rings is 1. The lowest BCUT2D eigenvalue weighted by Gasteiger charge is -2.21. The summed E-state index contributed by atoms with van der Waals surface area (Å²) in [5.41, 5.74) is 5.80. The second kappa shape index (κ2) is 17.8. The van der Waals surface area contributed by atoms with E-state index in [1.807, 2.05) is 35.7 Å². The normalized spacial score (nSPS) is 14.6. The Hall–Kier alpha value is -5.45. The third kappa shape index (κ3) is 9.58. The van der Waals surface area contributed by atoms with Gasteiger partial charge in [-0.05, 0) is 113 Å². The molecule has 0 radical (unpaired) electrons. The fourth-order valence-corrected chi connectivity index (χ4v) is 8.88. The molecule has 300 valence electrons. The number of piperidine rings is 1. The molecule has 3 heterocycles. The smallest absolute Gasteiger partial charge is 0.329 e. The first-order valence-electron chi connectivity index (χ1n) is 18.9. The molecule has 0 spiro atoms. The highest BCUT2D eigenvalue weighted by Gasteiger charge is 2.31. The van der Waals surface area contributed by atoms with Crippen LogP contribution in [-0.4, -0.2) is 71.0 Å². The first-order chi connectivity index (χ1) is 27.2. The van der Waals surface area contributed by atoms with E-state index in [0.29, 0.717) is 22.6 Å². The van der Waals surface area contributed by atoms with Crippen LogP contribution in [0.5, 0.6) is 0 Å². The fraction of sp³-hybridized carbons (Fsp3) is 0.366. The van der Waals surface area contributed by atoms with E-state index in [1.165, 1.54) is 33.6 Å². The van der Waals surface area contributed by atoms with Crippen LogP contribution in [0.2, 0.25) is 0 Å². The van der Waals surface area contributed by atoms with Gasteiger partial charge in [0.25, 0.3) is 5.91 Å². The minimum absolute atomic E-state index is 0.101. The topological polar surface area (TPSA) is 190 Å². The van der Waals surface area contributed by atoms with Crippen molar-refractivity contribution in [3.8, 4) is 11.3 Å². The van der Waals surface area contributed by atoms with Gasteiger partial charge in [-0.25, -0.2) is 18.2 Å². The van der Waals surface area contributed by atoms with Crippen LogP contribution < -0.4 is 27.0 Å². The molecule has 4 N–H and O–H groups in total. The van der Waals surface area contributed by atoms with Crippen molar-refractivity contribution in [1.82, 2.24) is 30.1 Å². The Labute approximate surface area is 335 Å². The molecule has 16 heteroatoms. The Morgan fingerprint density at radius 3 is 2.42 bits per heavy atom. The number of rotatable bonds is 16. The van der Waals surface area contributed by atoms with Crippen molar-refractivity contribution >= 4 is 61.0 Å². The molecule has 4 amide bonds. The van der Waals surface area contributed by atoms with E-state index in [0.717, 1.165) is 61.1 Å². The van der Waals surface area contributed by atoms with Crippen LogP contribution in [-0.2, 0) is 44.1 Å². The Morgan fingerprint density at radius 2 is 1.70 bits per heavy atom. The average molecular weight is 814 g/mol. The summed E-state index contributed by atoms with van der Waals surface area (Å²) in [6.07, 6.45) is 4.06. The summed E-state index contributed by atoms with van der Waals surface area (Å²) in [4.78, 5) is 67.2. The van der Waals surface area contributed by atoms with Crippen LogP contribution in [0.1, 0.15) is 72.6 Å². The first-order valence-corrected chi connectivity index (χ1v) is 21.4. The van der Waals surface area contributed by atoms with Crippen LogP contribution in [0, 0.1) is 6.92 Å². The number of anilines is 1. The summed E-state index contributed by atoms with van der Waals surface area (Å²) < 4.78 is 28.5. The van der Waals surface area contributed by atoms with Crippen LogP contribution in [0.4, 0.5) is 5.13 Å². The number of amides is 4. The number of imidazole rings is 1. The number of carbonyl (C=O) groups is 4. The molecule has 1 unspecified atom stereocenters. The summed E-state index contributed by atoms with van der Waals surface area (Å²) in [5.74, 6) is -1.77. The molecule has 0 bridgehead atoms. The molecule has 3 aromatic carbocycles. The van der Waals surface area contributed by atoms with Gasteiger partial charge in [0.2, 0.25) is 17.7 Å². The van der Waals surface area contributed by atoms with Gasteiger partial charge in [0.15, 0.2) is 15.0 Å².